The van der Waals surface area contributed by atoms with E-state index in [9.17, 15) is 9.50 Å². The van der Waals surface area contributed by atoms with Gasteiger partial charge in [-0.2, -0.15) is 0 Å². The molecular formula is C25H31BFO3. The van der Waals surface area contributed by atoms with E-state index in [1.165, 1.54) is 29.2 Å². The summed E-state index contributed by atoms with van der Waals surface area (Å²) in [6.45, 7) is 9.35. The zero-order valence-corrected chi connectivity index (χ0v) is 18.6. The fourth-order valence-electron chi connectivity index (χ4n) is 4.05. The third kappa shape index (κ3) is 4.15. The summed E-state index contributed by atoms with van der Waals surface area (Å²) >= 11 is 0. The van der Waals surface area contributed by atoms with Crippen molar-refractivity contribution in [1.29, 1.82) is 0 Å². The second kappa shape index (κ2) is 7.69. The maximum absolute atomic E-state index is 14.4. The second-order valence-corrected chi connectivity index (χ2v) is 9.76. The van der Waals surface area contributed by atoms with Crippen molar-refractivity contribution in [1.82, 2.24) is 0 Å². The lowest BCUT2D eigenvalue weighted by Crippen LogP contribution is -2.49. The number of fused-ring (bicyclic) bond motifs is 3. The highest BCUT2D eigenvalue weighted by Gasteiger charge is 2.45. The molecule has 0 amide bonds. The highest BCUT2D eigenvalue weighted by molar-refractivity contribution is 6.47. The van der Waals surface area contributed by atoms with Crippen LogP contribution in [0, 0.1) is 11.7 Å². The number of aliphatic hydroxyl groups is 1. The SMILES string of the molecule is CCc1cc2c(cc1OCc1cc([B]OC(C)(C)C(C)(C)O)ccc1F)CC1CC21. The Morgan fingerprint density at radius 2 is 1.90 bits per heavy atom. The minimum absolute atomic E-state index is 0.168. The van der Waals surface area contributed by atoms with E-state index < -0.39 is 11.2 Å². The molecule has 3 nitrogen and oxygen atoms in total. The van der Waals surface area contributed by atoms with Crippen LogP contribution in [0.25, 0.3) is 0 Å². The normalized spacial score (nSPS) is 20.0. The molecule has 4 rings (SSSR count). The topological polar surface area (TPSA) is 38.7 Å². The van der Waals surface area contributed by atoms with Crippen LogP contribution in [0.3, 0.4) is 0 Å². The molecule has 0 heterocycles. The third-order valence-corrected chi connectivity index (χ3v) is 6.92. The van der Waals surface area contributed by atoms with Crippen LogP contribution in [-0.4, -0.2) is 23.8 Å². The van der Waals surface area contributed by atoms with Gasteiger partial charge in [0.1, 0.15) is 18.2 Å². The lowest BCUT2D eigenvalue weighted by molar-refractivity contribution is -0.0893. The Balaban J connectivity index is 1.46. The molecule has 0 saturated heterocycles. The van der Waals surface area contributed by atoms with Crippen molar-refractivity contribution >= 4 is 12.9 Å². The molecule has 2 aromatic carbocycles. The zero-order valence-electron chi connectivity index (χ0n) is 18.6. The molecule has 30 heavy (non-hydrogen) atoms. The van der Waals surface area contributed by atoms with Gasteiger partial charge in [-0.05, 0) is 87.6 Å². The largest absolute Gasteiger partial charge is 0.489 e. The van der Waals surface area contributed by atoms with Gasteiger partial charge < -0.3 is 14.5 Å². The standard InChI is InChI=1S/C25H31BFO3/c1-6-15-11-20-17(9-16-12-21(16)20)13-23(15)29-14-18-10-19(7-8-22(18)27)26-30-25(4,5)24(2,3)28/h7-8,10-11,13,16,21,28H,6,9,12,14H2,1-5H3. The lowest BCUT2D eigenvalue weighted by atomic mass is 9.82. The first-order valence-corrected chi connectivity index (χ1v) is 10.9. The van der Waals surface area contributed by atoms with Crippen molar-refractivity contribution < 1.29 is 18.9 Å². The van der Waals surface area contributed by atoms with Gasteiger partial charge in [-0.3, -0.25) is 0 Å². The van der Waals surface area contributed by atoms with Crippen LogP contribution in [0.2, 0.25) is 0 Å². The van der Waals surface area contributed by atoms with Crippen LogP contribution in [-0.2, 0) is 24.1 Å². The van der Waals surface area contributed by atoms with E-state index >= 15 is 0 Å². The van der Waals surface area contributed by atoms with Crippen LogP contribution >= 0.6 is 0 Å². The predicted molar refractivity (Wildman–Crippen MR) is 118 cm³/mol. The zero-order chi connectivity index (χ0) is 21.7. The Morgan fingerprint density at radius 3 is 2.60 bits per heavy atom. The lowest BCUT2D eigenvalue weighted by Gasteiger charge is -2.37. The molecule has 1 saturated carbocycles. The van der Waals surface area contributed by atoms with Crippen molar-refractivity contribution in [3.8, 4) is 5.75 Å². The van der Waals surface area contributed by atoms with Crippen LogP contribution in [0.5, 0.6) is 5.75 Å². The Labute approximate surface area is 179 Å². The Hall–Kier alpha value is -1.85. The summed E-state index contributed by atoms with van der Waals surface area (Å²) in [6, 6.07) is 9.31. The van der Waals surface area contributed by atoms with Gasteiger partial charge in [-0.25, -0.2) is 4.39 Å². The molecule has 2 aromatic rings. The van der Waals surface area contributed by atoms with Gasteiger partial charge in [0.15, 0.2) is 0 Å². The molecule has 0 spiro atoms. The summed E-state index contributed by atoms with van der Waals surface area (Å²) < 4.78 is 26.3. The molecule has 2 atom stereocenters. The van der Waals surface area contributed by atoms with Crippen LogP contribution < -0.4 is 10.2 Å². The molecular weight excluding hydrogens is 378 g/mol. The predicted octanol–water partition coefficient (Wildman–Crippen LogP) is 4.44. The molecule has 0 aliphatic heterocycles. The molecule has 2 unspecified atom stereocenters. The summed E-state index contributed by atoms with van der Waals surface area (Å²) in [5.74, 6) is 2.16. The Morgan fingerprint density at radius 1 is 1.13 bits per heavy atom. The monoisotopic (exact) mass is 409 g/mol. The third-order valence-electron chi connectivity index (χ3n) is 6.92. The van der Waals surface area contributed by atoms with Gasteiger partial charge in [-0.15, -0.1) is 0 Å². The van der Waals surface area contributed by atoms with Gasteiger partial charge in [0, 0.05) is 5.56 Å². The van der Waals surface area contributed by atoms with E-state index in [4.69, 9.17) is 9.39 Å². The van der Waals surface area contributed by atoms with Gasteiger partial charge in [0.2, 0.25) is 0 Å². The summed E-state index contributed by atoms with van der Waals surface area (Å²) in [6.07, 6.45) is 3.38. The molecule has 1 fully saturated rings. The average molecular weight is 409 g/mol. The number of hydrogen-bond acceptors (Lipinski definition) is 3. The molecule has 1 radical (unpaired) electrons. The Kier molecular flexibility index (Phi) is 5.48. The summed E-state index contributed by atoms with van der Waals surface area (Å²) in [4.78, 5) is 0. The van der Waals surface area contributed by atoms with Crippen LogP contribution in [0.1, 0.15) is 69.2 Å². The Bertz CT molecular complexity index is 948. The van der Waals surface area contributed by atoms with E-state index in [0.717, 1.165) is 35.9 Å². The summed E-state index contributed by atoms with van der Waals surface area (Å²) in [5.41, 5.74) is 3.52. The molecule has 2 aliphatic carbocycles. The number of ether oxygens (including phenoxy) is 1. The number of hydrogen-bond donors (Lipinski definition) is 1. The highest BCUT2D eigenvalue weighted by atomic mass is 19.1. The van der Waals surface area contributed by atoms with E-state index in [2.05, 4.69) is 19.1 Å². The molecule has 5 heteroatoms. The van der Waals surface area contributed by atoms with Crippen molar-refractivity contribution in [2.24, 2.45) is 5.92 Å². The highest BCUT2D eigenvalue weighted by Crippen LogP contribution is 2.57. The molecule has 0 aromatic heterocycles. The summed E-state index contributed by atoms with van der Waals surface area (Å²) in [5, 5.41) is 10.2. The van der Waals surface area contributed by atoms with Crippen LogP contribution in [0.4, 0.5) is 4.39 Å². The first-order valence-electron chi connectivity index (χ1n) is 10.9. The fraction of sp³-hybridized carbons (Fsp3) is 0.520. The fourth-order valence-corrected chi connectivity index (χ4v) is 4.05. The van der Waals surface area contributed by atoms with E-state index in [1.807, 2.05) is 13.8 Å². The molecule has 0 bridgehead atoms. The first kappa shape index (κ1) is 21.4. The van der Waals surface area contributed by atoms with Gasteiger partial charge in [0.25, 0.3) is 0 Å². The molecule has 2 aliphatic rings. The van der Waals surface area contributed by atoms with Gasteiger partial charge in [-0.1, -0.05) is 30.6 Å². The first-order chi connectivity index (χ1) is 14.1. The van der Waals surface area contributed by atoms with E-state index in [-0.39, 0.29) is 12.4 Å². The van der Waals surface area contributed by atoms with Crippen LogP contribution in [0.15, 0.2) is 30.3 Å². The van der Waals surface area contributed by atoms with Gasteiger partial charge in [0.05, 0.1) is 11.2 Å². The molecule has 159 valence electrons. The van der Waals surface area contributed by atoms with Crippen molar-refractivity contribution in [3.05, 3.63) is 58.4 Å². The van der Waals surface area contributed by atoms with E-state index in [0.29, 0.717) is 5.56 Å². The number of rotatable bonds is 8. The number of halogens is 1. The minimum atomic E-state index is -1.01. The maximum Gasteiger partial charge on any atom is 0.330 e. The van der Waals surface area contributed by atoms with Crippen molar-refractivity contribution in [2.75, 3.05) is 0 Å². The second-order valence-electron chi connectivity index (χ2n) is 9.76. The van der Waals surface area contributed by atoms with E-state index in [1.54, 1.807) is 33.5 Å². The summed E-state index contributed by atoms with van der Waals surface area (Å²) in [7, 11) is 1.57. The van der Waals surface area contributed by atoms with Crippen molar-refractivity contribution in [3.63, 3.8) is 0 Å². The van der Waals surface area contributed by atoms with Crippen molar-refractivity contribution in [2.45, 2.75) is 77.6 Å². The van der Waals surface area contributed by atoms with Gasteiger partial charge >= 0.3 is 7.48 Å². The maximum atomic E-state index is 14.4. The smallest absolute Gasteiger partial charge is 0.330 e. The minimum Gasteiger partial charge on any atom is -0.489 e. The number of benzene rings is 2. The quantitative estimate of drug-likeness (QED) is 0.656. The average Bonchev–Trinajstić information content (AvgIpc) is 3.36. The number of aryl methyl sites for hydroxylation is 1. The molecule has 1 N–H and O–H groups in total.